The number of hydrogen-bond acceptors (Lipinski definition) is 7. The second-order valence-corrected chi connectivity index (χ2v) is 7.43. The maximum Gasteiger partial charge on any atom is 0.270 e. The fraction of sp³-hybridized carbons (Fsp3) is 0.100. The summed E-state index contributed by atoms with van der Waals surface area (Å²) in [6, 6.07) is 12.2. The highest BCUT2D eigenvalue weighted by molar-refractivity contribution is 7.13. The number of thiophene rings is 1. The number of non-ortho nitro benzene ring substituents is 1. The quantitative estimate of drug-likeness (QED) is 0.351. The van der Waals surface area contributed by atoms with Crippen molar-refractivity contribution < 1.29 is 9.72 Å². The van der Waals surface area contributed by atoms with Crippen LogP contribution in [0.3, 0.4) is 0 Å². The van der Waals surface area contributed by atoms with E-state index in [1.807, 2.05) is 24.4 Å². The Morgan fingerprint density at radius 2 is 2.10 bits per heavy atom. The van der Waals surface area contributed by atoms with Gasteiger partial charge in [-0.25, -0.2) is 4.98 Å². The van der Waals surface area contributed by atoms with Gasteiger partial charge in [-0.15, -0.1) is 11.3 Å². The molecule has 2 N–H and O–H groups in total. The highest BCUT2D eigenvalue weighted by Gasteiger charge is 2.18. The predicted octanol–water partition coefficient (Wildman–Crippen LogP) is 3.41. The van der Waals surface area contributed by atoms with Crippen LogP contribution in [0, 0.1) is 10.1 Å². The summed E-state index contributed by atoms with van der Waals surface area (Å²) in [5.41, 5.74) is 0.730. The van der Waals surface area contributed by atoms with Gasteiger partial charge in [0, 0.05) is 35.5 Å². The average Bonchev–Trinajstić information content (AvgIpc) is 3.43. The number of rotatable bonds is 6. The molecule has 3 heterocycles. The van der Waals surface area contributed by atoms with Crippen molar-refractivity contribution in [3.05, 3.63) is 85.6 Å². The van der Waals surface area contributed by atoms with E-state index in [0.717, 1.165) is 4.88 Å². The molecule has 11 heteroatoms. The molecule has 1 aromatic carbocycles. The molecule has 0 aliphatic rings. The van der Waals surface area contributed by atoms with Gasteiger partial charge in [0.1, 0.15) is 11.5 Å². The van der Waals surface area contributed by atoms with E-state index in [1.165, 1.54) is 46.4 Å². The van der Waals surface area contributed by atoms with Gasteiger partial charge in [-0.05, 0) is 23.9 Å². The number of hydrogen-bond donors (Lipinski definition) is 2. The zero-order valence-corrected chi connectivity index (χ0v) is 17.0. The van der Waals surface area contributed by atoms with Gasteiger partial charge in [0.15, 0.2) is 0 Å². The number of anilines is 1. The highest BCUT2D eigenvalue weighted by atomic mass is 32.1. The Hall–Kier alpha value is -4.12. The summed E-state index contributed by atoms with van der Waals surface area (Å²) < 4.78 is 1.34. The Morgan fingerprint density at radius 1 is 1.26 bits per heavy atom. The molecule has 3 aromatic heterocycles. The highest BCUT2D eigenvalue weighted by Crippen LogP contribution is 2.27. The first-order valence-electron chi connectivity index (χ1n) is 9.25. The topological polar surface area (TPSA) is 136 Å². The fourth-order valence-electron chi connectivity index (χ4n) is 2.90. The first-order chi connectivity index (χ1) is 14.9. The number of aryl methyl sites for hydroxylation is 1. The Bertz CT molecular complexity index is 1330. The lowest BCUT2D eigenvalue weighted by Gasteiger charge is -2.09. The van der Waals surface area contributed by atoms with Gasteiger partial charge in [-0.1, -0.05) is 19.1 Å². The Morgan fingerprint density at radius 3 is 2.81 bits per heavy atom. The molecule has 0 radical (unpaired) electrons. The van der Waals surface area contributed by atoms with Crippen LogP contribution in [0.15, 0.2) is 58.7 Å². The van der Waals surface area contributed by atoms with Crippen molar-refractivity contribution in [1.29, 1.82) is 0 Å². The number of nitro benzene ring substituents is 1. The molecule has 0 aliphatic carbocycles. The van der Waals surface area contributed by atoms with Crippen molar-refractivity contribution in [3.63, 3.8) is 0 Å². The number of nitrogens with one attached hydrogen (secondary N) is 2. The number of amides is 1. The minimum atomic E-state index is -0.569. The van der Waals surface area contributed by atoms with Crippen molar-refractivity contribution in [2.75, 3.05) is 5.32 Å². The second-order valence-electron chi connectivity index (χ2n) is 6.48. The van der Waals surface area contributed by atoms with Crippen molar-refractivity contribution in [2.24, 2.45) is 0 Å². The van der Waals surface area contributed by atoms with Gasteiger partial charge in [0.25, 0.3) is 17.2 Å². The van der Waals surface area contributed by atoms with Gasteiger partial charge < -0.3 is 5.32 Å². The molecule has 0 saturated heterocycles. The van der Waals surface area contributed by atoms with E-state index in [-0.39, 0.29) is 28.6 Å². The van der Waals surface area contributed by atoms with Crippen molar-refractivity contribution in [1.82, 2.24) is 19.7 Å². The first kappa shape index (κ1) is 20.2. The van der Waals surface area contributed by atoms with E-state index in [4.69, 9.17) is 0 Å². The number of benzene rings is 1. The van der Waals surface area contributed by atoms with Crippen LogP contribution in [0.4, 0.5) is 11.5 Å². The smallest absolute Gasteiger partial charge is 0.270 e. The van der Waals surface area contributed by atoms with Crippen LogP contribution in [0.1, 0.15) is 23.0 Å². The number of aromatic nitrogens is 4. The van der Waals surface area contributed by atoms with E-state index in [9.17, 15) is 19.7 Å². The van der Waals surface area contributed by atoms with E-state index in [0.29, 0.717) is 17.8 Å². The lowest BCUT2D eigenvalue weighted by atomic mass is 10.2. The normalized spacial score (nSPS) is 10.7. The summed E-state index contributed by atoms with van der Waals surface area (Å²) in [6.07, 6.45) is 0.547. The average molecular weight is 436 g/mol. The number of aromatic amines is 1. The Balaban J connectivity index is 1.77. The summed E-state index contributed by atoms with van der Waals surface area (Å²) in [6.45, 7) is 1.87. The van der Waals surface area contributed by atoms with Crippen LogP contribution in [0.2, 0.25) is 0 Å². The molecule has 0 fully saturated rings. The van der Waals surface area contributed by atoms with Crippen LogP contribution < -0.4 is 10.9 Å². The Labute approximate surface area is 179 Å². The van der Waals surface area contributed by atoms with Crippen LogP contribution in [-0.2, 0) is 6.42 Å². The minimum absolute atomic E-state index is 0.114. The summed E-state index contributed by atoms with van der Waals surface area (Å²) in [5, 5.41) is 20.1. The molecule has 10 nitrogen and oxygen atoms in total. The maximum absolute atomic E-state index is 12.8. The van der Waals surface area contributed by atoms with Crippen LogP contribution in [0.25, 0.3) is 16.5 Å². The third-order valence-electron chi connectivity index (χ3n) is 4.39. The zero-order valence-electron chi connectivity index (χ0n) is 16.2. The zero-order chi connectivity index (χ0) is 22.0. The largest absolute Gasteiger partial charge is 0.306 e. The molecule has 0 bridgehead atoms. The summed E-state index contributed by atoms with van der Waals surface area (Å²) in [4.78, 5) is 43.2. The number of H-pyrrole nitrogens is 1. The van der Waals surface area contributed by atoms with E-state index < -0.39 is 10.8 Å². The Kier molecular flexibility index (Phi) is 5.41. The molecule has 0 aliphatic heterocycles. The molecule has 0 unspecified atom stereocenters. The fourth-order valence-corrected chi connectivity index (χ4v) is 3.58. The maximum atomic E-state index is 12.8. The lowest BCUT2D eigenvalue weighted by Crippen LogP contribution is -2.19. The molecule has 1 amide bonds. The first-order valence-corrected chi connectivity index (χ1v) is 10.1. The van der Waals surface area contributed by atoms with Crippen molar-refractivity contribution in [3.8, 4) is 16.5 Å². The van der Waals surface area contributed by atoms with Gasteiger partial charge in [-0.2, -0.15) is 9.78 Å². The number of carbonyl (C=O) groups excluding carboxylic acids is 1. The standard InChI is InChI=1S/C20H16N6O4S/c1-2-13-10-18(27)23-20(21-13)25-17(11-15(24-25)16-7-4-8-31-16)22-19(28)12-5-3-6-14(9-12)26(29)30/h3-11H,2H2,1H3,(H,22,28)(H,21,23,27). The molecular weight excluding hydrogens is 420 g/mol. The molecule has 31 heavy (non-hydrogen) atoms. The third kappa shape index (κ3) is 4.26. The van der Waals surface area contributed by atoms with Crippen molar-refractivity contribution in [2.45, 2.75) is 13.3 Å². The van der Waals surface area contributed by atoms with Crippen LogP contribution >= 0.6 is 11.3 Å². The molecule has 0 saturated carbocycles. The monoisotopic (exact) mass is 436 g/mol. The molecule has 156 valence electrons. The lowest BCUT2D eigenvalue weighted by molar-refractivity contribution is -0.384. The van der Waals surface area contributed by atoms with Crippen molar-refractivity contribution >= 4 is 28.7 Å². The summed E-state index contributed by atoms with van der Waals surface area (Å²) >= 11 is 1.47. The minimum Gasteiger partial charge on any atom is -0.306 e. The SMILES string of the molecule is CCc1cc(=O)[nH]c(-n2nc(-c3cccs3)cc2NC(=O)c2cccc([N+](=O)[O-])c2)n1. The van der Waals surface area contributed by atoms with Gasteiger partial charge in [0.2, 0.25) is 5.95 Å². The summed E-state index contributed by atoms with van der Waals surface area (Å²) in [5.74, 6) is -0.144. The molecule has 0 atom stereocenters. The number of nitro groups is 1. The summed E-state index contributed by atoms with van der Waals surface area (Å²) in [7, 11) is 0. The third-order valence-corrected chi connectivity index (χ3v) is 5.28. The van der Waals surface area contributed by atoms with E-state index in [1.54, 1.807) is 6.07 Å². The second kappa shape index (κ2) is 8.32. The van der Waals surface area contributed by atoms with Gasteiger partial charge >= 0.3 is 0 Å². The van der Waals surface area contributed by atoms with E-state index >= 15 is 0 Å². The molecule has 4 rings (SSSR count). The van der Waals surface area contributed by atoms with E-state index in [2.05, 4.69) is 20.4 Å². The number of nitrogens with zero attached hydrogens (tertiary/aromatic N) is 4. The molecular formula is C20H16N6O4S. The van der Waals surface area contributed by atoms with Gasteiger partial charge in [0.05, 0.1) is 9.80 Å². The number of carbonyl (C=O) groups is 1. The van der Waals surface area contributed by atoms with Crippen LogP contribution in [0.5, 0.6) is 0 Å². The molecule has 0 spiro atoms. The van der Waals surface area contributed by atoms with Crippen LogP contribution in [-0.4, -0.2) is 30.6 Å². The predicted molar refractivity (Wildman–Crippen MR) is 116 cm³/mol. The molecule has 4 aromatic rings. The van der Waals surface area contributed by atoms with Gasteiger partial charge in [-0.3, -0.25) is 24.7 Å².